The Morgan fingerprint density at radius 2 is 1.33 bits per heavy atom. The Morgan fingerprint density at radius 1 is 0.714 bits per heavy atom. The van der Waals surface area contributed by atoms with E-state index < -0.39 is 0 Å². The van der Waals surface area contributed by atoms with E-state index in [0.717, 1.165) is 13.4 Å². The molecular weight excluding hydrogens is 524 g/mol. The molecule has 0 aliphatic heterocycles. The van der Waals surface area contributed by atoms with Crippen molar-refractivity contribution >= 4 is 74.5 Å². The van der Waals surface area contributed by atoms with E-state index in [9.17, 15) is 0 Å². The van der Waals surface area contributed by atoms with Crippen molar-refractivity contribution in [2.24, 2.45) is 0 Å². The Labute approximate surface area is 157 Å². The minimum absolute atomic E-state index is 0.143. The molecule has 1 unspecified atom stereocenters. The van der Waals surface area contributed by atoms with Gasteiger partial charge in [-0.15, -0.1) is 0 Å². The molecule has 3 aromatic rings. The maximum Gasteiger partial charge on any atom is 0.0651 e. The molecule has 0 saturated heterocycles. The van der Waals surface area contributed by atoms with Crippen LogP contribution in [0.1, 0.15) is 16.0 Å². The summed E-state index contributed by atoms with van der Waals surface area (Å²) in [6, 6.07) is 19.0. The van der Waals surface area contributed by atoms with Gasteiger partial charge in [-0.2, -0.15) is 0 Å². The molecule has 0 N–H and O–H groups in total. The van der Waals surface area contributed by atoms with E-state index in [4.69, 9.17) is 0 Å². The summed E-state index contributed by atoms with van der Waals surface area (Å²) in [6.07, 6.45) is 0. The topological polar surface area (TPSA) is 0 Å². The van der Waals surface area contributed by atoms with Crippen molar-refractivity contribution in [3.63, 3.8) is 0 Å². The highest BCUT2D eigenvalue weighted by Gasteiger charge is 2.15. The van der Waals surface area contributed by atoms with Crippen molar-refractivity contribution in [3.05, 3.63) is 79.1 Å². The smallest absolute Gasteiger partial charge is 0.0651 e. The normalized spacial score (nSPS) is 12.6. The van der Waals surface area contributed by atoms with Gasteiger partial charge in [0.15, 0.2) is 0 Å². The molecule has 21 heavy (non-hydrogen) atoms. The van der Waals surface area contributed by atoms with Gasteiger partial charge in [-0.3, -0.25) is 0 Å². The van der Waals surface area contributed by atoms with E-state index in [1.807, 2.05) is 6.07 Å². The van der Waals surface area contributed by atoms with Gasteiger partial charge in [0.1, 0.15) is 0 Å². The van der Waals surface area contributed by atoms with Crippen LogP contribution >= 0.6 is 63.7 Å². The maximum absolute atomic E-state index is 3.85. The van der Waals surface area contributed by atoms with Crippen LogP contribution in [0.25, 0.3) is 10.8 Å². The Morgan fingerprint density at radius 3 is 2.00 bits per heavy atom. The second-order valence-corrected chi connectivity index (χ2v) is 8.35. The summed E-state index contributed by atoms with van der Waals surface area (Å²) >= 11 is 14.6. The molecule has 106 valence electrons. The lowest BCUT2D eigenvalue weighted by atomic mass is 9.98. The van der Waals surface area contributed by atoms with Crippen molar-refractivity contribution in [1.82, 2.24) is 0 Å². The van der Waals surface area contributed by atoms with Crippen molar-refractivity contribution in [1.29, 1.82) is 0 Å². The van der Waals surface area contributed by atoms with Crippen molar-refractivity contribution in [2.45, 2.75) is 4.83 Å². The number of fused-ring (bicyclic) bond motifs is 1. The molecule has 0 radical (unpaired) electrons. The summed E-state index contributed by atoms with van der Waals surface area (Å²) in [6.45, 7) is 0. The van der Waals surface area contributed by atoms with Crippen LogP contribution in [0.4, 0.5) is 0 Å². The van der Waals surface area contributed by atoms with Crippen LogP contribution in [0.3, 0.4) is 0 Å². The standard InChI is InChI=1S/C17H10Br4/c18-11-7-10(8-12(19)9-11)17(21)15-5-6-16(20)14-4-2-1-3-13(14)15/h1-9,17H. The molecule has 4 heteroatoms. The summed E-state index contributed by atoms with van der Waals surface area (Å²) < 4.78 is 3.26. The first kappa shape index (κ1) is 15.7. The minimum atomic E-state index is 0.143. The van der Waals surface area contributed by atoms with Gasteiger partial charge < -0.3 is 0 Å². The number of hydrogen-bond donors (Lipinski definition) is 0. The van der Waals surface area contributed by atoms with E-state index in [1.54, 1.807) is 0 Å². The molecule has 1 atom stereocenters. The fourth-order valence-corrected chi connectivity index (χ4v) is 4.88. The average molecular weight is 534 g/mol. The summed E-state index contributed by atoms with van der Waals surface area (Å²) in [5.41, 5.74) is 2.47. The van der Waals surface area contributed by atoms with E-state index in [-0.39, 0.29) is 4.83 Å². The molecular formula is C17H10Br4. The lowest BCUT2D eigenvalue weighted by molar-refractivity contribution is 1.19. The summed E-state index contributed by atoms with van der Waals surface area (Å²) in [4.78, 5) is 0.143. The molecule has 0 aliphatic rings. The number of benzene rings is 3. The third-order valence-electron chi connectivity index (χ3n) is 3.36. The van der Waals surface area contributed by atoms with Crippen molar-refractivity contribution in [3.8, 4) is 0 Å². The highest BCUT2D eigenvalue weighted by molar-refractivity contribution is 9.11. The lowest BCUT2D eigenvalue weighted by Gasteiger charge is -2.15. The Balaban J connectivity index is 2.18. The molecule has 3 aromatic carbocycles. The Hall–Kier alpha value is -0.160. The zero-order valence-electron chi connectivity index (χ0n) is 10.8. The largest absolute Gasteiger partial charge is 0.0786 e. The van der Waals surface area contributed by atoms with Gasteiger partial charge in [-0.25, -0.2) is 0 Å². The summed E-state index contributed by atoms with van der Waals surface area (Å²) in [5.74, 6) is 0. The van der Waals surface area contributed by atoms with Gasteiger partial charge in [0.2, 0.25) is 0 Å². The van der Waals surface area contributed by atoms with E-state index >= 15 is 0 Å². The predicted octanol–water partition coefficient (Wildman–Crippen LogP) is 7.61. The molecule has 0 nitrogen and oxygen atoms in total. The highest BCUT2D eigenvalue weighted by atomic mass is 79.9. The zero-order valence-corrected chi connectivity index (χ0v) is 17.1. The van der Waals surface area contributed by atoms with Gasteiger partial charge >= 0.3 is 0 Å². The molecule has 0 bridgehead atoms. The van der Waals surface area contributed by atoms with Crippen LogP contribution in [0.5, 0.6) is 0 Å². The number of alkyl halides is 1. The van der Waals surface area contributed by atoms with Gasteiger partial charge in [0.25, 0.3) is 0 Å². The van der Waals surface area contributed by atoms with Gasteiger partial charge in [0.05, 0.1) is 4.83 Å². The monoisotopic (exact) mass is 530 g/mol. The number of halogens is 4. The zero-order chi connectivity index (χ0) is 15.0. The molecule has 0 aliphatic carbocycles. The molecule has 0 aromatic heterocycles. The molecule has 3 rings (SSSR count). The third kappa shape index (κ3) is 3.29. The predicted molar refractivity (Wildman–Crippen MR) is 104 cm³/mol. The SMILES string of the molecule is Brc1cc(Br)cc(C(Br)c2ccc(Br)c3ccccc23)c1. The van der Waals surface area contributed by atoms with Crippen LogP contribution in [0.2, 0.25) is 0 Å². The summed E-state index contributed by atoms with van der Waals surface area (Å²) in [7, 11) is 0. The van der Waals surface area contributed by atoms with Crippen LogP contribution < -0.4 is 0 Å². The first-order chi connectivity index (χ1) is 10.1. The van der Waals surface area contributed by atoms with Gasteiger partial charge in [-0.05, 0) is 46.2 Å². The van der Waals surface area contributed by atoms with Crippen LogP contribution in [-0.2, 0) is 0 Å². The van der Waals surface area contributed by atoms with Gasteiger partial charge in [0, 0.05) is 13.4 Å². The number of hydrogen-bond acceptors (Lipinski definition) is 0. The van der Waals surface area contributed by atoms with Gasteiger partial charge in [-0.1, -0.05) is 94.1 Å². The van der Waals surface area contributed by atoms with Crippen LogP contribution in [-0.4, -0.2) is 0 Å². The Kier molecular flexibility index (Phi) is 4.89. The maximum atomic E-state index is 3.85. The fourth-order valence-electron chi connectivity index (χ4n) is 2.41. The van der Waals surface area contributed by atoms with E-state index in [2.05, 4.69) is 112 Å². The molecule has 0 heterocycles. The second-order valence-electron chi connectivity index (χ2n) is 4.75. The van der Waals surface area contributed by atoms with Crippen LogP contribution in [0, 0.1) is 0 Å². The van der Waals surface area contributed by atoms with E-state index in [0.29, 0.717) is 0 Å². The van der Waals surface area contributed by atoms with Crippen molar-refractivity contribution < 1.29 is 0 Å². The quantitative estimate of drug-likeness (QED) is 0.297. The van der Waals surface area contributed by atoms with Crippen LogP contribution in [0.15, 0.2) is 68.0 Å². The Bertz CT molecular complexity index is 791. The highest BCUT2D eigenvalue weighted by Crippen LogP contribution is 2.39. The lowest BCUT2D eigenvalue weighted by Crippen LogP contribution is -1.95. The van der Waals surface area contributed by atoms with Crippen molar-refractivity contribution in [2.75, 3.05) is 0 Å². The molecule has 0 fully saturated rings. The first-order valence-corrected chi connectivity index (χ1v) is 9.63. The molecule has 0 saturated carbocycles. The molecule has 0 amide bonds. The summed E-state index contributed by atoms with van der Waals surface area (Å²) in [5, 5.41) is 2.48. The average Bonchev–Trinajstić information content (AvgIpc) is 2.46. The molecule has 0 spiro atoms. The second kappa shape index (κ2) is 6.53. The number of rotatable bonds is 2. The minimum Gasteiger partial charge on any atom is -0.0786 e. The van der Waals surface area contributed by atoms with E-state index in [1.165, 1.54) is 21.9 Å². The fraction of sp³-hybridized carbons (Fsp3) is 0.0588. The first-order valence-electron chi connectivity index (χ1n) is 6.33. The third-order valence-corrected chi connectivity index (χ3v) is 5.98.